The van der Waals surface area contributed by atoms with Crippen LogP contribution in [0, 0.1) is 6.92 Å². The van der Waals surface area contributed by atoms with Gasteiger partial charge in [0.1, 0.15) is 10.6 Å². The molecule has 1 aliphatic heterocycles. The Labute approximate surface area is 183 Å². The van der Waals surface area contributed by atoms with Gasteiger partial charge in [0, 0.05) is 18.1 Å². The predicted molar refractivity (Wildman–Crippen MR) is 117 cm³/mol. The molecular formula is C20H25ClN2O5S2. The smallest absolute Gasteiger partial charge is 0.262 e. The lowest BCUT2D eigenvalue weighted by Crippen LogP contribution is -2.35. The number of hydrogen-bond donors (Lipinski definition) is 1. The Bertz CT molecular complexity index is 1130. The number of nitrogens with one attached hydrogen (secondary N) is 1. The van der Waals surface area contributed by atoms with Crippen molar-refractivity contribution in [2.24, 2.45) is 0 Å². The lowest BCUT2D eigenvalue weighted by Gasteiger charge is -2.27. The standard InChI is InChI=1S/C20H25ClN2O5S2/c1-3-28-18-10-9-17(14-20(18)30(26,27)23-11-5-4-6-12-23)22-29(24,25)19-13-16(21)8-7-15(19)2/h7-10,13-14,22H,3-6,11-12H2,1-2H3. The lowest BCUT2D eigenvalue weighted by atomic mass is 10.2. The molecule has 0 atom stereocenters. The number of halogens is 1. The third-order valence-electron chi connectivity index (χ3n) is 4.87. The molecule has 3 rings (SSSR count). The van der Waals surface area contributed by atoms with E-state index in [4.69, 9.17) is 16.3 Å². The molecule has 10 heteroatoms. The second-order valence-corrected chi connectivity index (χ2v) is 11.1. The van der Waals surface area contributed by atoms with Gasteiger partial charge in [0.25, 0.3) is 10.0 Å². The molecule has 2 aromatic rings. The monoisotopic (exact) mass is 472 g/mol. The number of piperidine rings is 1. The normalized spacial score (nSPS) is 15.7. The summed E-state index contributed by atoms with van der Waals surface area (Å²) >= 11 is 5.96. The Morgan fingerprint density at radius 1 is 1.00 bits per heavy atom. The number of rotatable bonds is 7. The first kappa shape index (κ1) is 22.9. The maximum atomic E-state index is 13.2. The summed E-state index contributed by atoms with van der Waals surface area (Å²) in [5, 5.41) is 0.293. The number of sulfonamides is 2. The summed E-state index contributed by atoms with van der Waals surface area (Å²) < 4.78 is 61.6. The van der Waals surface area contributed by atoms with Crippen molar-refractivity contribution in [2.45, 2.75) is 42.9 Å². The molecule has 7 nitrogen and oxygen atoms in total. The fourth-order valence-electron chi connectivity index (χ4n) is 3.37. The van der Waals surface area contributed by atoms with Gasteiger partial charge >= 0.3 is 0 Å². The Hall–Kier alpha value is -1.81. The molecular weight excluding hydrogens is 448 g/mol. The third-order valence-corrected chi connectivity index (χ3v) is 8.55. The number of nitrogens with zero attached hydrogens (tertiary/aromatic N) is 1. The van der Waals surface area contributed by atoms with Crippen molar-refractivity contribution >= 4 is 37.3 Å². The highest BCUT2D eigenvalue weighted by molar-refractivity contribution is 7.92. The molecule has 1 heterocycles. The average molecular weight is 473 g/mol. The molecule has 0 bridgehead atoms. The van der Waals surface area contributed by atoms with E-state index in [2.05, 4.69) is 4.72 Å². The Kier molecular flexibility index (Phi) is 6.96. The molecule has 1 N–H and O–H groups in total. The molecule has 0 radical (unpaired) electrons. The number of ether oxygens (including phenoxy) is 1. The zero-order valence-corrected chi connectivity index (χ0v) is 19.3. The summed E-state index contributed by atoms with van der Waals surface area (Å²) in [5.74, 6) is 0.199. The number of anilines is 1. The number of aryl methyl sites for hydroxylation is 1. The van der Waals surface area contributed by atoms with E-state index in [-0.39, 0.29) is 27.8 Å². The Morgan fingerprint density at radius 3 is 2.37 bits per heavy atom. The fourth-order valence-corrected chi connectivity index (χ4v) is 6.60. The van der Waals surface area contributed by atoms with Crippen molar-refractivity contribution in [3.8, 4) is 5.75 Å². The van der Waals surface area contributed by atoms with Gasteiger partial charge in [-0.2, -0.15) is 4.31 Å². The molecule has 164 valence electrons. The van der Waals surface area contributed by atoms with Gasteiger partial charge in [0.15, 0.2) is 0 Å². The van der Waals surface area contributed by atoms with Gasteiger partial charge in [-0.05, 0) is 62.6 Å². The van der Waals surface area contributed by atoms with Crippen LogP contribution in [0.15, 0.2) is 46.2 Å². The van der Waals surface area contributed by atoms with Gasteiger partial charge in [0.2, 0.25) is 10.0 Å². The largest absolute Gasteiger partial charge is 0.492 e. The summed E-state index contributed by atoms with van der Waals surface area (Å²) in [4.78, 5) is -0.0152. The van der Waals surface area contributed by atoms with Crippen LogP contribution < -0.4 is 9.46 Å². The Balaban J connectivity index is 2.01. The van der Waals surface area contributed by atoms with Crippen LogP contribution in [0.5, 0.6) is 5.75 Å². The van der Waals surface area contributed by atoms with Crippen LogP contribution in [0.4, 0.5) is 5.69 Å². The highest BCUT2D eigenvalue weighted by atomic mass is 35.5. The maximum Gasteiger partial charge on any atom is 0.262 e. The van der Waals surface area contributed by atoms with E-state index in [1.807, 2.05) is 0 Å². The minimum absolute atomic E-state index is 0.0318. The van der Waals surface area contributed by atoms with Crippen molar-refractivity contribution in [3.05, 3.63) is 47.0 Å². The van der Waals surface area contributed by atoms with Crippen LogP contribution in [0.2, 0.25) is 5.02 Å². The molecule has 0 saturated carbocycles. The minimum atomic E-state index is -3.96. The van der Waals surface area contributed by atoms with Crippen molar-refractivity contribution in [1.29, 1.82) is 0 Å². The van der Waals surface area contributed by atoms with E-state index in [0.717, 1.165) is 19.3 Å². The summed E-state index contributed by atoms with van der Waals surface area (Å²) in [6.45, 7) is 4.58. The second-order valence-electron chi connectivity index (χ2n) is 7.07. The third kappa shape index (κ3) is 4.91. The topological polar surface area (TPSA) is 92.8 Å². The SMILES string of the molecule is CCOc1ccc(NS(=O)(=O)c2cc(Cl)ccc2C)cc1S(=O)(=O)N1CCCCC1. The Morgan fingerprint density at radius 2 is 1.70 bits per heavy atom. The zero-order valence-electron chi connectivity index (χ0n) is 16.9. The first-order valence-electron chi connectivity index (χ1n) is 9.71. The van der Waals surface area contributed by atoms with Crippen molar-refractivity contribution in [3.63, 3.8) is 0 Å². The fraction of sp³-hybridized carbons (Fsp3) is 0.400. The molecule has 0 spiro atoms. The number of hydrogen-bond acceptors (Lipinski definition) is 5. The molecule has 0 aliphatic carbocycles. The molecule has 2 aromatic carbocycles. The summed E-state index contributed by atoms with van der Waals surface area (Å²) in [5.41, 5.74) is 0.660. The number of benzene rings is 2. The van der Waals surface area contributed by atoms with Crippen molar-refractivity contribution < 1.29 is 21.6 Å². The molecule has 0 aromatic heterocycles. The van der Waals surface area contributed by atoms with Gasteiger partial charge in [-0.25, -0.2) is 16.8 Å². The van der Waals surface area contributed by atoms with E-state index >= 15 is 0 Å². The van der Waals surface area contributed by atoms with Crippen LogP contribution in [0.25, 0.3) is 0 Å². The highest BCUT2D eigenvalue weighted by Crippen LogP contribution is 2.32. The predicted octanol–water partition coefficient (Wildman–Crippen LogP) is 4.02. The molecule has 1 aliphatic rings. The zero-order chi connectivity index (χ0) is 21.9. The van der Waals surface area contributed by atoms with E-state index in [1.165, 1.54) is 28.6 Å². The van der Waals surface area contributed by atoms with Crippen LogP contribution in [-0.2, 0) is 20.0 Å². The molecule has 1 saturated heterocycles. The molecule has 0 amide bonds. The van der Waals surface area contributed by atoms with Crippen LogP contribution in [0.1, 0.15) is 31.7 Å². The quantitative estimate of drug-likeness (QED) is 0.656. The van der Waals surface area contributed by atoms with Gasteiger partial charge < -0.3 is 4.74 Å². The van der Waals surface area contributed by atoms with E-state index in [0.29, 0.717) is 23.7 Å². The molecule has 1 fully saturated rings. The van der Waals surface area contributed by atoms with Crippen LogP contribution in [0.3, 0.4) is 0 Å². The molecule has 30 heavy (non-hydrogen) atoms. The maximum absolute atomic E-state index is 13.2. The highest BCUT2D eigenvalue weighted by Gasteiger charge is 2.30. The van der Waals surface area contributed by atoms with Crippen LogP contribution >= 0.6 is 11.6 Å². The van der Waals surface area contributed by atoms with Crippen molar-refractivity contribution in [1.82, 2.24) is 4.31 Å². The summed E-state index contributed by atoms with van der Waals surface area (Å²) in [6, 6.07) is 8.85. The second kappa shape index (κ2) is 9.13. The van der Waals surface area contributed by atoms with E-state index in [9.17, 15) is 16.8 Å². The van der Waals surface area contributed by atoms with E-state index < -0.39 is 20.0 Å². The summed E-state index contributed by atoms with van der Waals surface area (Å²) in [7, 11) is -7.78. The minimum Gasteiger partial charge on any atom is -0.492 e. The van der Waals surface area contributed by atoms with Gasteiger partial charge in [-0.3, -0.25) is 4.72 Å². The first-order valence-corrected chi connectivity index (χ1v) is 13.0. The first-order chi connectivity index (χ1) is 14.1. The van der Waals surface area contributed by atoms with Gasteiger partial charge in [-0.15, -0.1) is 0 Å². The van der Waals surface area contributed by atoms with Crippen molar-refractivity contribution in [2.75, 3.05) is 24.4 Å². The van der Waals surface area contributed by atoms with E-state index in [1.54, 1.807) is 26.0 Å². The van der Waals surface area contributed by atoms with Crippen LogP contribution in [-0.4, -0.2) is 40.8 Å². The van der Waals surface area contributed by atoms with Gasteiger partial charge in [-0.1, -0.05) is 24.1 Å². The molecule has 0 unspecified atom stereocenters. The summed E-state index contributed by atoms with van der Waals surface area (Å²) in [6.07, 6.45) is 2.58. The van der Waals surface area contributed by atoms with Gasteiger partial charge in [0.05, 0.1) is 17.2 Å². The average Bonchev–Trinajstić information content (AvgIpc) is 2.71. The lowest BCUT2D eigenvalue weighted by molar-refractivity contribution is 0.323.